The summed E-state index contributed by atoms with van der Waals surface area (Å²) in [6.07, 6.45) is 0. The van der Waals surface area contributed by atoms with Gasteiger partial charge in [-0.05, 0) is 43.7 Å². The van der Waals surface area contributed by atoms with E-state index in [9.17, 15) is 4.79 Å². The number of amidine groups is 1. The molecule has 0 aliphatic carbocycles. The van der Waals surface area contributed by atoms with Gasteiger partial charge in [-0.1, -0.05) is 23.9 Å². The number of hydrogen-bond acceptors (Lipinski definition) is 8. The van der Waals surface area contributed by atoms with E-state index in [1.54, 1.807) is 46.1 Å². The van der Waals surface area contributed by atoms with Crippen molar-refractivity contribution in [3.8, 4) is 17.2 Å². The molecule has 3 rings (SSSR count). The quantitative estimate of drug-likeness (QED) is 0.587. The highest BCUT2D eigenvalue weighted by Crippen LogP contribution is 2.39. The minimum absolute atomic E-state index is 0.283. The number of esters is 1. The van der Waals surface area contributed by atoms with Crippen LogP contribution in [0.5, 0.6) is 17.2 Å². The number of allylic oxidation sites excluding steroid dienone is 1. The Morgan fingerprint density at radius 2 is 1.72 bits per heavy atom. The maximum absolute atomic E-state index is 12.8. The summed E-state index contributed by atoms with van der Waals surface area (Å²) < 4.78 is 21.4. The first kappa shape index (κ1) is 23.5. The van der Waals surface area contributed by atoms with Crippen molar-refractivity contribution in [3.63, 3.8) is 0 Å². The molecule has 2 aromatic rings. The van der Waals surface area contributed by atoms with Crippen LogP contribution < -0.4 is 19.5 Å². The average molecular weight is 457 g/mol. The largest absolute Gasteiger partial charge is 0.497 e. The second kappa shape index (κ2) is 10.9. The monoisotopic (exact) mass is 456 g/mol. The van der Waals surface area contributed by atoms with E-state index in [-0.39, 0.29) is 6.61 Å². The fourth-order valence-electron chi connectivity index (χ4n) is 3.34. The van der Waals surface area contributed by atoms with Crippen molar-refractivity contribution >= 4 is 22.9 Å². The van der Waals surface area contributed by atoms with Gasteiger partial charge >= 0.3 is 5.97 Å². The Kier molecular flexibility index (Phi) is 8.05. The number of ether oxygens (including phenoxy) is 4. The number of carbonyl (C=O) groups is 1. The second-order valence-corrected chi connectivity index (χ2v) is 7.93. The van der Waals surface area contributed by atoms with Crippen molar-refractivity contribution in [1.29, 1.82) is 0 Å². The van der Waals surface area contributed by atoms with Gasteiger partial charge in [0.25, 0.3) is 0 Å². The molecule has 1 atom stereocenters. The molecule has 0 spiro atoms. The van der Waals surface area contributed by atoms with Crippen molar-refractivity contribution in [2.24, 2.45) is 4.99 Å². The van der Waals surface area contributed by atoms with Crippen LogP contribution in [0.4, 0.5) is 0 Å². The number of hydrogen-bond donors (Lipinski definition) is 1. The average Bonchev–Trinajstić information content (AvgIpc) is 2.82. The highest BCUT2D eigenvalue weighted by atomic mass is 32.2. The van der Waals surface area contributed by atoms with Crippen molar-refractivity contribution in [3.05, 3.63) is 64.9 Å². The van der Waals surface area contributed by atoms with Gasteiger partial charge in [-0.3, -0.25) is 0 Å². The first-order chi connectivity index (χ1) is 15.5. The Hall–Kier alpha value is -3.13. The fourth-order valence-corrected chi connectivity index (χ4v) is 4.24. The summed E-state index contributed by atoms with van der Waals surface area (Å²) in [7, 11) is 4.83. The Bertz CT molecular complexity index is 1020. The Balaban J connectivity index is 1.93. The van der Waals surface area contributed by atoms with Crippen LogP contribution in [0.25, 0.3) is 0 Å². The number of methoxy groups -OCH3 is 3. The molecule has 1 aliphatic heterocycles. The number of carbonyl (C=O) groups excluding carboxylic acids is 1. The van der Waals surface area contributed by atoms with Crippen LogP contribution in [-0.4, -0.2) is 39.1 Å². The van der Waals surface area contributed by atoms with Gasteiger partial charge in [0.15, 0.2) is 5.17 Å². The third kappa shape index (κ3) is 5.37. The van der Waals surface area contributed by atoms with E-state index in [0.29, 0.717) is 33.7 Å². The Morgan fingerprint density at radius 3 is 2.34 bits per heavy atom. The summed E-state index contributed by atoms with van der Waals surface area (Å²) in [4.78, 5) is 17.7. The van der Waals surface area contributed by atoms with E-state index in [1.807, 2.05) is 43.3 Å². The number of rotatable bonds is 8. The van der Waals surface area contributed by atoms with E-state index in [0.717, 1.165) is 16.9 Å². The third-order valence-corrected chi connectivity index (χ3v) is 5.94. The third-order valence-electron chi connectivity index (χ3n) is 4.98. The summed E-state index contributed by atoms with van der Waals surface area (Å²) in [6, 6.07) is 12.8. The molecule has 0 saturated heterocycles. The maximum atomic E-state index is 12.8. The summed E-state index contributed by atoms with van der Waals surface area (Å²) in [5.74, 6) is 2.38. The number of nitrogens with one attached hydrogen (secondary N) is 1. The zero-order chi connectivity index (χ0) is 23.1. The predicted octanol–water partition coefficient (Wildman–Crippen LogP) is 4.48. The molecule has 8 heteroatoms. The van der Waals surface area contributed by atoms with Crippen LogP contribution >= 0.6 is 11.8 Å². The lowest BCUT2D eigenvalue weighted by Crippen LogP contribution is -2.30. The molecule has 0 saturated carbocycles. The van der Waals surface area contributed by atoms with Crippen LogP contribution in [0.3, 0.4) is 0 Å². The van der Waals surface area contributed by atoms with Gasteiger partial charge in [-0.25, -0.2) is 9.79 Å². The van der Waals surface area contributed by atoms with Crippen LogP contribution in [0.2, 0.25) is 0 Å². The topological polar surface area (TPSA) is 78.4 Å². The van der Waals surface area contributed by atoms with Crippen molar-refractivity contribution in [1.82, 2.24) is 5.32 Å². The summed E-state index contributed by atoms with van der Waals surface area (Å²) in [5, 5.41) is 3.98. The highest BCUT2D eigenvalue weighted by Gasteiger charge is 2.32. The zero-order valence-electron chi connectivity index (χ0n) is 18.9. The van der Waals surface area contributed by atoms with Gasteiger partial charge in [-0.15, -0.1) is 0 Å². The molecule has 1 heterocycles. The fraction of sp³-hybridized carbons (Fsp3) is 0.333. The number of aliphatic imine (C=N–C) groups is 1. The van der Waals surface area contributed by atoms with E-state index < -0.39 is 12.0 Å². The molecule has 0 amide bonds. The Labute approximate surface area is 192 Å². The molecular formula is C24H28N2O5S. The lowest BCUT2D eigenvalue weighted by molar-refractivity contribution is -0.138. The van der Waals surface area contributed by atoms with E-state index in [1.165, 1.54) is 0 Å². The molecule has 170 valence electrons. The molecule has 0 bridgehead atoms. The second-order valence-electron chi connectivity index (χ2n) is 6.97. The van der Waals surface area contributed by atoms with Gasteiger partial charge < -0.3 is 24.3 Å². The zero-order valence-corrected chi connectivity index (χ0v) is 19.7. The lowest BCUT2D eigenvalue weighted by atomic mass is 9.95. The van der Waals surface area contributed by atoms with Crippen LogP contribution in [-0.2, 0) is 15.3 Å². The normalized spacial score (nSPS) is 15.5. The van der Waals surface area contributed by atoms with Crippen molar-refractivity contribution in [2.75, 3.05) is 27.9 Å². The highest BCUT2D eigenvalue weighted by molar-refractivity contribution is 8.13. The van der Waals surface area contributed by atoms with Crippen molar-refractivity contribution in [2.45, 2.75) is 25.6 Å². The van der Waals surface area contributed by atoms with Crippen molar-refractivity contribution < 1.29 is 23.7 Å². The molecule has 1 aliphatic rings. The molecule has 7 nitrogen and oxygen atoms in total. The number of benzene rings is 2. The van der Waals surface area contributed by atoms with Gasteiger partial charge in [0, 0.05) is 23.1 Å². The standard InChI is InChI=1S/C24H28N2O5S/c1-6-31-23(27)21-15(2)25-24(32-14-16-7-9-17(28-3)10-8-16)26-22(21)19-12-11-18(29-4)13-20(19)30-5/h7-13,22H,6,14H2,1-5H3,(H,25,26)/t22-/m1/s1. The first-order valence-electron chi connectivity index (χ1n) is 10.2. The minimum Gasteiger partial charge on any atom is -0.497 e. The lowest BCUT2D eigenvalue weighted by Gasteiger charge is -2.27. The molecule has 0 fully saturated rings. The molecule has 1 N–H and O–H groups in total. The van der Waals surface area contributed by atoms with Crippen LogP contribution in [0.1, 0.15) is 31.0 Å². The summed E-state index contributed by atoms with van der Waals surface area (Å²) >= 11 is 1.56. The molecule has 2 aromatic carbocycles. The van der Waals surface area contributed by atoms with Crippen LogP contribution in [0, 0.1) is 0 Å². The minimum atomic E-state index is -0.561. The molecule has 0 radical (unpaired) electrons. The van der Waals surface area contributed by atoms with Crippen LogP contribution in [0.15, 0.2) is 58.7 Å². The first-order valence-corrected chi connectivity index (χ1v) is 11.2. The SMILES string of the molecule is CCOC(=O)C1=C(C)NC(SCc2ccc(OC)cc2)=N[C@@H]1c1ccc(OC)cc1OC. The molecule has 0 unspecified atom stereocenters. The maximum Gasteiger partial charge on any atom is 0.338 e. The smallest absolute Gasteiger partial charge is 0.338 e. The summed E-state index contributed by atoms with van der Waals surface area (Å²) in [6.45, 7) is 3.93. The molecule has 32 heavy (non-hydrogen) atoms. The number of nitrogens with zero attached hydrogens (tertiary/aromatic N) is 1. The van der Waals surface area contributed by atoms with E-state index >= 15 is 0 Å². The molecule has 0 aromatic heterocycles. The molecular weight excluding hydrogens is 428 g/mol. The predicted molar refractivity (Wildman–Crippen MR) is 126 cm³/mol. The van der Waals surface area contributed by atoms with Gasteiger partial charge in [0.2, 0.25) is 0 Å². The van der Waals surface area contributed by atoms with E-state index in [2.05, 4.69) is 5.32 Å². The number of thioether (sulfide) groups is 1. The Morgan fingerprint density at radius 1 is 1.03 bits per heavy atom. The van der Waals surface area contributed by atoms with Gasteiger partial charge in [0.05, 0.1) is 33.5 Å². The summed E-state index contributed by atoms with van der Waals surface area (Å²) in [5.41, 5.74) is 3.07. The van der Waals surface area contributed by atoms with Gasteiger partial charge in [0.1, 0.15) is 23.3 Å². The van der Waals surface area contributed by atoms with E-state index in [4.69, 9.17) is 23.9 Å². The van der Waals surface area contributed by atoms with Gasteiger partial charge in [-0.2, -0.15) is 0 Å².